The molecule has 1 atom stereocenters. The Bertz CT molecular complexity index is 1470. The zero-order chi connectivity index (χ0) is 30.3. The number of halogens is 4. The van der Waals surface area contributed by atoms with E-state index in [1.165, 1.54) is 11.6 Å². The Morgan fingerprint density at radius 3 is 2.29 bits per heavy atom. The first-order chi connectivity index (χ1) is 20.0. The predicted molar refractivity (Wildman–Crippen MR) is 158 cm³/mol. The SMILES string of the molecule is O=C(O)CCNC(=O)c1ccc(CC(C(=O)Nc2cc(Br)cc(C(F)(F)F)c2)c2ccc(C3=CCCCC3)cc2)cc1. The van der Waals surface area contributed by atoms with Crippen LogP contribution in [0.15, 0.2) is 77.3 Å². The van der Waals surface area contributed by atoms with Gasteiger partial charge in [-0.2, -0.15) is 13.2 Å². The van der Waals surface area contributed by atoms with Crippen molar-refractivity contribution in [3.8, 4) is 0 Å². The Morgan fingerprint density at radius 2 is 1.67 bits per heavy atom. The topological polar surface area (TPSA) is 95.5 Å². The van der Waals surface area contributed by atoms with Crippen molar-refractivity contribution in [2.24, 2.45) is 0 Å². The van der Waals surface area contributed by atoms with E-state index in [2.05, 4.69) is 32.6 Å². The maximum atomic E-state index is 13.6. The third kappa shape index (κ3) is 8.55. The highest BCUT2D eigenvalue weighted by molar-refractivity contribution is 9.10. The van der Waals surface area contributed by atoms with Gasteiger partial charge in [0.2, 0.25) is 5.91 Å². The zero-order valence-corrected chi connectivity index (χ0v) is 24.2. The normalized spacial score (nSPS) is 14.0. The molecule has 0 radical (unpaired) electrons. The summed E-state index contributed by atoms with van der Waals surface area (Å²) in [5, 5.41) is 14.0. The summed E-state index contributed by atoms with van der Waals surface area (Å²) in [5.74, 6) is -2.64. The van der Waals surface area contributed by atoms with E-state index in [-0.39, 0.29) is 29.5 Å². The number of rotatable bonds is 10. The molecule has 0 bridgehead atoms. The average Bonchev–Trinajstić information content (AvgIpc) is 2.96. The van der Waals surface area contributed by atoms with Crippen molar-refractivity contribution in [1.29, 1.82) is 0 Å². The third-order valence-electron chi connectivity index (χ3n) is 7.06. The molecule has 0 fully saturated rings. The standard InChI is InChI=1S/C32H30BrF3N2O4/c33-26-17-25(32(34,35)36)18-27(19-26)38-31(42)28(23-12-10-22(11-13-23)21-4-2-1-3-5-21)16-20-6-8-24(9-7-20)30(41)37-15-14-29(39)40/h4,6-13,17-19,28H,1-3,5,14-16H2,(H,37,41)(H,38,42)(H,39,40). The molecule has 0 saturated carbocycles. The van der Waals surface area contributed by atoms with E-state index in [4.69, 9.17) is 5.11 Å². The highest BCUT2D eigenvalue weighted by Crippen LogP contribution is 2.34. The van der Waals surface area contributed by atoms with Crippen LogP contribution >= 0.6 is 15.9 Å². The molecule has 3 aromatic rings. The fourth-order valence-corrected chi connectivity index (χ4v) is 5.35. The molecule has 6 nitrogen and oxygen atoms in total. The zero-order valence-electron chi connectivity index (χ0n) is 22.6. The van der Waals surface area contributed by atoms with E-state index in [0.717, 1.165) is 48.9 Å². The van der Waals surface area contributed by atoms with Crippen molar-refractivity contribution in [3.05, 3.63) is 105 Å². The van der Waals surface area contributed by atoms with Crippen LogP contribution in [0, 0.1) is 0 Å². The van der Waals surface area contributed by atoms with Crippen molar-refractivity contribution in [1.82, 2.24) is 5.32 Å². The van der Waals surface area contributed by atoms with Crippen LogP contribution in [0.3, 0.4) is 0 Å². The first-order valence-electron chi connectivity index (χ1n) is 13.6. The lowest BCUT2D eigenvalue weighted by atomic mass is 9.88. The molecule has 0 saturated heterocycles. The summed E-state index contributed by atoms with van der Waals surface area (Å²) in [6.07, 6.45) is 2.00. The van der Waals surface area contributed by atoms with Gasteiger partial charge in [0.05, 0.1) is 17.9 Å². The van der Waals surface area contributed by atoms with Crippen LogP contribution in [-0.2, 0) is 22.2 Å². The van der Waals surface area contributed by atoms with Gasteiger partial charge in [0.15, 0.2) is 0 Å². The Kier molecular flexibility index (Phi) is 10.2. The molecule has 1 aliphatic rings. The van der Waals surface area contributed by atoms with Gasteiger partial charge in [-0.05, 0) is 84.7 Å². The third-order valence-corrected chi connectivity index (χ3v) is 7.52. The van der Waals surface area contributed by atoms with Crippen molar-refractivity contribution >= 4 is 45.0 Å². The van der Waals surface area contributed by atoms with Crippen LogP contribution in [0.2, 0.25) is 0 Å². The minimum Gasteiger partial charge on any atom is -0.481 e. The van der Waals surface area contributed by atoms with Crippen molar-refractivity contribution in [2.45, 2.75) is 50.6 Å². The van der Waals surface area contributed by atoms with Gasteiger partial charge in [-0.25, -0.2) is 0 Å². The summed E-state index contributed by atoms with van der Waals surface area (Å²) in [5.41, 5.74) is 3.26. The largest absolute Gasteiger partial charge is 0.481 e. The van der Waals surface area contributed by atoms with Crippen LogP contribution in [0.4, 0.5) is 18.9 Å². The average molecular weight is 643 g/mol. The number of carbonyl (C=O) groups excluding carboxylic acids is 2. The number of nitrogens with one attached hydrogen (secondary N) is 2. The van der Waals surface area contributed by atoms with Crippen LogP contribution < -0.4 is 10.6 Å². The number of hydrogen-bond donors (Lipinski definition) is 3. The lowest BCUT2D eigenvalue weighted by Gasteiger charge is -2.20. The van der Waals surface area contributed by atoms with Crippen LogP contribution in [0.1, 0.15) is 70.6 Å². The first kappa shape index (κ1) is 31.0. The lowest BCUT2D eigenvalue weighted by Crippen LogP contribution is -2.26. The second-order valence-electron chi connectivity index (χ2n) is 10.2. The monoisotopic (exact) mass is 642 g/mol. The Hall–Kier alpha value is -3.92. The number of alkyl halides is 3. The Balaban J connectivity index is 1.57. The summed E-state index contributed by atoms with van der Waals surface area (Å²) >= 11 is 3.10. The first-order valence-corrected chi connectivity index (χ1v) is 14.4. The highest BCUT2D eigenvalue weighted by atomic mass is 79.9. The summed E-state index contributed by atoms with van der Waals surface area (Å²) in [7, 11) is 0. The number of amides is 2. The summed E-state index contributed by atoms with van der Waals surface area (Å²) in [6, 6.07) is 17.5. The van der Waals surface area contributed by atoms with Gasteiger partial charge in [0.25, 0.3) is 5.91 Å². The minimum absolute atomic E-state index is 0.00326. The number of carbonyl (C=O) groups is 3. The van der Waals surface area contributed by atoms with E-state index in [1.807, 2.05) is 24.3 Å². The lowest BCUT2D eigenvalue weighted by molar-refractivity contribution is -0.138. The van der Waals surface area contributed by atoms with E-state index >= 15 is 0 Å². The quantitative estimate of drug-likeness (QED) is 0.212. The van der Waals surface area contributed by atoms with Gasteiger partial charge < -0.3 is 15.7 Å². The molecule has 0 aliphatic heterocycles. The minimum atomic E-state index is -4.58. The number of anilines is 1. The number of carboxylic acids is 1. The molecule has 0 heterocycles. The molecule has 0 aromatic heterocycles. The maximum Gasteiger partial charge on any atom is 0.416 e. The Labute approximate surface area is 250 Å². The van der Waals surface area contributed by atoms with Crippen molar-refractivity contribution < 1.29 is 32.7 Å². The van der Waals surface area contributed by atoms with Crippen molar-refractivity contribution in [2.75, 3.05) is 11.9 Å². The van der Waals surface area contributed by atoms with Crippen LogP contribution in [-0.4, -0.2) is 29.4 Å². The number of benzene rings is 3. The highest BCUT2D eigenvalue weighted by Gasteiger charge is 2.31. The maximum absolute atomic E-state index is 13.6. The van der Waals surface area contributed by atoms with Gasteiger partial charge in [-0.15, -0.1) is 0 Å². The second-order valence-corrected chi connectivity index (χ2v) is 11.1. The van der Waals surface area contributed by atoms with Gasteiger partial charge in [0.1, 0.15) is 0 Å². The molecule has 3 N–H and O–H groups in total. The molecular weight excluding hydrogens is 613 g/mol. The molecule has 3 aromatic carbocycles. The van der Waals surface area contributed by atoms with E-state index in [9.17, 15) is 27.6 Å². The molecule has 1 aliphatic carbocycles. The van der Waals surface area contributed by atoms with Gasteiger partial charge in [-0.1, -0.05) is 58.4 Å². The second kappa shape index (κ2) is 13.8. The van der Waals surface area contributed by atoms with Gasteiger partial charge >= 0.3 is 12.1 Å². The Morgan fingerprint density at radius 1 is 0.952 bits per heavy atom. The molecule has 10 heteroatoms. The van der Waals surface area contributed by atoms with E-state index < -0.39 is 35.4 Å². The predicted octanol–water partition coefficient (Wildman–Crippen LogP) is 7.59. The molecule has 42 heavy (non-hydrogen) atoms. The number of aliphatic carboxylic acids is 1. The fourth-order valence-electron chi connectivity index (χ4n) is 4.86. The fraction of sp³-hybridized carbons (Fsp3) is 0.281. The van der Waals surface area contributed by atoms with Crippen LogP contribution in [0.25, 0.3) is 5.57 Å². The molecule has 4 rings (SSSR count). The molecule has 1 unspecified atom stereocenters. The summed E-state index contributed by atoms with van der Waals surface area (Å²) in [4.78, 5) is 36.6. The molecular formula is C32H30BrF3N2O4. The number of allylic oxidation sites excluding steroid dienone is 2. The van der Waals surface area contributed by atoms with Crippen molar-refractivity contribution in [3.63, 3.8) is 0 Å². The van der Waals surface area contributed by atoms with E-state index in [0.29, 0.717) is 11.1 Å². The summed E-state index contributed by atoms with van der Waals surface area (Å²) in [6.45, 7) is -0.00326. The smallest absolute Gasteiger partial charge is 0.416 e. The molecule has 220 valence electrons. The molecule has 2 amide bonds. The van der Waals surface area contributed by atoms with E-state index in [1.54, 1.807) is 24.3 Å². The van der Waals surface area contributed by atoms with Gasteiger partial charge in [-0.3, -0.25) is 14.4 Å². The molecule has 0 spiro atoms. The number of carboxylic acid groups (broad SMARTS) is 1. The number of hydrogen-bond acceptors (Lipinski definition) is 3. The summed E-state index contributed by atoms with van der Waals surface area (Å²) < 4.78 is 40.4. The van der Waals surface area contributed by atoms with Crippen LogP contribution in [0.5, 0.6) is 0 Å². The van der Waals surface area contributed by atoms with Gasteiger partial charge in [0, 0.05) is 22.3 Å².